The Morgan fingerprint density at radius 2 is 1.19 bits per heavy atom. The average molecular weight is 630 g/mol. The SMILES string of the molecule is CC(C)N1CCN(C(CN2CCN(CC/C=C(\c3ccc(F)cc3)c3ccc(Cl)cc3)CC2)c2ccc(F)cc2)CC1.Cl. The summed E-state index contributed by atoms with van der Waals surface area (Å²) in [7, 11) is 0. The Labute approximate surface area is 267 Å². The second-order valence-electron chi connectivity index (χ2n) is 11.8. The molecule has 1 atom stereocenters. The lowest BCUT2D eigenvalue weighted by molar-refractivity contribution is 0.0484. The van der Waals surface area contributed by atoms with E-state index in [1.54, 1.807) is 12.1 Å². The van der Waals surface area contributed by atoms with E-state index in [1.807, 2.05) is 48.5 Å². The number of nitrogens with zero attached hydrogens (tertiary/aromatic N) is 4. The van der Waals surface area contributed by atoms with Crippen LogP contribution in [-0.2, 0) is 0 Å². The molecule has 43 heavy (non-hydrogen) atoms. The number of hydrogen-bond acceptors (Lipinski definition) is 4. The summed E-state index contributed by atoms with van der Waals surface area (Å²) in [5.41, 5.74) is 4.39. The van der Waals surface area contributed by atoms with E-state index < -0.39 is 0 Å². The molecule has 232 valence electrons. The van der Waals surface area contributed by atoms with Crippen molar-refractivity contribution in [2.75, 3.05) is 65.4 Å². The van der Waals surface area contributed by atoms with Crippen molar-refractivity contribution in [3.8, 4) is 0 Å². The molecule has 2 fully saturated rings. The lowest BCUT2D eigenvalue weighted by Gasteiger charge is -2.43. The number of hydrogen-bond donors (Lipinski definition) is 0. The van der Waals surface area contributed by atoms with Crippen molar-refractivity contribution in [3.63, 3.8) is 0 Å². The first-order valence-electron chi connectivity index (χ1n) is 15.3. The Balaban J connectivity index is 0.00000423. The van der Waals surface area contributed by atoms with E-state index in [0.717, 1.165) is 88.6 Å². The predicted octanol–water partition coefficient (Wildman–Crippen LogP) is 7.25. The topological polar surface area (TPSA) is 13.0 Å². The van der Waals surface area contributed by atoms with Gasteiger partial charge in [0.1, 0.15) is 11.6 Å². The monoisotopic (exact) mass is 628 g/mol. The molecule has 3 aromatic rings. The molecule has 4 nitrogen and oxygen atoms in total. The Bertz CT molecular complexity index is 1240. The second-order valence-corrected chi connectivity index (χ2v) is 12.2. The van der Waals surface area contributed by atoms with Crippen LogP contribution >= 0.6 is 24.0 Å². The quantitative estimate of drug-likeness (QED) is 0.234. The van der Waals surface area contributed by atoms with Gasteiger partial charge in [-0.25, -0.2) is 8.78 Å². The first-order chi connectivity index (χ1) is 20.4. The zero-order chi connectivity index (χ0) is 29.5. The zero-order valence-corrected chi connectivity index (χ0v) is 26.8. The second kappa shape index (κ2) is 16.1. The van der Waals surface area contributed by atoms with Crippen LogP contribution in [0.15, 0.2) is 78.9 Å². The highest BCUT2D eigenvalue weighted by atomic mass is 35.5. The molecule has 0 aliphatic carbocycles. The summed E-state index contributed by atoms with van der Waals surface area (Å²) in [6.07, 6.45) is 3.18. The molecule has 8 heteroatoms. The van der Waals surface area contributed by atoms with Gasteiger partial charge in [0.25, 0.3) is 0 Å². The van der Waals surface area contributed by atoms with E-state index in [1.165, 1.54) is 17.7 Å². The fourth-order valence-electron chi connectivity index (χ4n) is 6.17. The normalized spacial score (nSPS) is 18.5. The average Bonchev–Trinajstić information content (AvgIpc) is 3.01. The third-order valence-electron chi connectivity index (χ3n) is 8.77. The number of halogens is 4. The van der Waals surface area contributed by atoms with Gasteiger partial charge in [-0.2, -0.15) is 0 Å². The summed E-state index contributed by atoms with van der Waals surface area (Å²) in [6.45, 7) is 14.8. The first kappa shape index (κ1) is 33.6. The van der Waals surface area contributed by atoms with Gasteiger partial charge < -0.3 is 4.90 Å². The summed E-state index contributed by atoms with van der Waals surface area (Å²) in [5, 5.41) is 0.703. The van der Waals surface area contributed by atoms with Gasteiger partial charge in [-0.1, -0.05) is 54.1 Å². The molecule has 1 unspecified atom stereocenters. The third-order valence-corrected chi connectivity index (χ3v) is 9.03. The number of rotatable bonds is 10. The van der Waals surface area contributed by atoms with Crippen LogP contribution in [0.5, 0.6) is 0 Å². The predicted molar refractivity (Wildman–Crippen MR) is 177 cm³/mol. The van der Waals surface area contributed by atoms with Gasteiger partial charge in [0, 0.05) is 82.6 Å². The lowest BCUT2D eigenvalue weighted by Crippen LogP contribution is -2.53. The molecule has 0 spiro atoms. The summed E-state index contributed by atoms with van der Waals surface area (Å²) < 4.78 is 27.4. The van der Waals surface area contributed by atoms with Crippen molar-refractivity contribution in [3.05, 3.63) is 112 Å². The molecule has 2 heterocycles. The fourth-order valence-corrected chi connectivity index (χ4v) is 6.30. The van der Waals surface area contributed by atoms with Crippen molar-refractivity contribution < 1.29 is 8.78 Å². The molecule has 0 amide bonds. The van der Waals surface area contributed by atoms with E-state index in [-0.39, 0.29) is 30.1 Å². The molecule has 0 bridgehead atoms. The molecular weight excluding hydrogens is 585 g/mol. The highest BCUT2D eigenvalue weighted by Gasteiger charge is 2.29. The molecule has 2 saturated heterocycles. The van der Waals surface area contributed by atoms with Crippen molar-refractivity contribution in [1.82, 2.24) is 19.6 Å². The number of benzene rings is 3. The maximum absolute atomic E-state index is 13.7. The first-order valence-corrected chi connectivity index (χ1v) is 15.6. The summed E-state index contributed by atoms with van der Waals surface area (Å²) in [5.74, 6) is -0.407. The van der Waals surface area contributed by atoms with Crippen molar-refractivity contribution in [1.29, 1.82) is 0 Å². The summed E-state index contributed by atoms with van der Waals surface area (Å²) >= 11 is 6.14. The van der Waals surface area contributed by atoms with Crippen molar-refractivity contribution >= 4 is 29.6 Å². The van der Waals surface area contributed by atoms with Crippen LogP contribution < -0.4 is 0 Å². The Hall–Kier alpha value is -2.32. The standard InChI is InChI=1S/C35H43ClF2N4.ClH/c1-27(2)41-22-24-42(25-23-41)35(30-9-15-33(38)16-10-30)26-40-20-18-39(19-21-40)17-3-4-34(28-5-11-31(36)12-6-28)29-7-13-32(37)14-8-29;/h4-16,27,35H,3,17-26H2,1-2H3;1H/b34-4-;. The van der Waals surface area contributed by atoms with E-state index in [2.05, 4.69) is 39.5 Å². The van der Waals surface area contributed by atoms with Crippen LogP contribution in [-0.4, -0.2) is 91.1 Å². The van der Waals surface area contributed by atoms with Gasteiger partial charge in [0.2, 0.25) is 0 Å². The van der Waals surface area contributed by atoms with Crippen LogP contribution in [0.25, 0.3) is 5.57 Å². The van der Waals surface area contributed by atoms with Crippen molar-refractivity contribution in [2.24, 2.45) is 0 Å². The molecule has 0 aromatic heterocycles. The van der Waals surface area contributed by atoms with Gasteiger partial charge in [0.15, 0.2) is 0 Å². The highest BCUT2D eigenvalue weighted by Crippen LogP contribution is 2.27. The molecule has 5 rings (SSSR count). The van der Waals surface area contributed by atoms with E-state index in [0.29, 0.717) is 11.1 Å². The summed E-state index contributed by atoms with van der Waals surface area (Å²) in [4.78, 5) is 10.2. The third kappa shape index (κ3) is 9.34. The van der Waals surface area contributed by atoms with E-state index >= 15 is 0 Å². The van der Waals surface area contributed by atoms with Crippen LogP contribution in [0.4, 0.5) is 8.78 Å². The van der Waals surface area contributed by atoms with E-state index in [4.69, 9.17) is 11.6 Å². The Kier molecular flexibility index (Phi) is 12.6. The summed E-state index contributed by atoms with van der Waals surface area (Å²) in [6, 6.07) is 22.5. The minimum absolute atomic E-state index is 0. The fraction of sp³-hybridized carbons (Fsp3) is 0.429. The molecule has 0 radical (unpaired) electrons. The van der Waals surface area contributed by atoms with Gasteiger partial charge in [-0.3, -0.25) is 14.7 Å². The largest absolute Gasteiger partial charge is 0.300 e. The molecular formula is C35H44Cl2F2N4. The van der Waals surface area contributed by atoms with Crippen LogP contribution in [0, 0.1) is 11.6 Å². The van der Waals surface area contributed by atoms with Crippen LogP contribution in [0.1, 0.15) is 43.0 Å². The molecule has 2 aliphatic rings. The van der Waals surface area contributed by atoms with Gasteiger partial charge >= 0.3 is 0 Å². The minimum Gasteiger partial charge on any atom is -0.300 e. The highest BCUT2D eigenvalue weighted by molar-refractivity contribution is 6.30. The van der Waals surface area contributed by atoms with E-state index in [9.17, 15) is 8.78 Å². The molecule has 3 aromatic carbocycles. The minimum atomic E-state index is -0.230. The lowest BCUT2D eigenvalue weighted by atomic mass is 9.97. The smallest absolute Gasteiger partial charge is 0.123 e. The van der Waals surface area contributed by atoms with Crippen molar-refractivity contribution in [2.45, 2.75) is 32.4 Å². The number of piperazine rings is 2. The zero-order valence-electron chi connectivity index (χ0n) is 25.3. The van der Waals surface area contributed by atoms with Gasteiger partial charge in [0.05, 0.1) is 0 Å². The molecule has 0 N–H and O–H groups in total. The van der Waals surface area contributed by atoms with Gasteiger partial charge in [-0.15, -0.1) is 12.4 Å². The Morgan fingerprint density at radius 1 is 0.698 bits per heavy atom. The molecule has 2 aliphatic heterocycles. The Morgan fingerprint density at radius 3 is 1.74 bits per heavy atom. The maximum Gasteiger partial charge on any atom is 0.123 e. The molecule has 0 saturated carbocycles. The van der Waals surface area contributed by atoms with Gasteiger partial charge in [-0.05, 0) is 78.9 Å². The van der Waals surface area contributed by atoms with Crippen LogP contribution in [0.2, 0.25) is 5.02 Å². The maximum atomic E-state index is 13.7. The van der Waals surface area contributed by atoms with Crippen LogP contribution in [0.3, 0.4) is 0 Å².